The van der Waals surface area contributed by atoms with Crippen LogP contribution in [0, 0.1) is 0 Å². The number of hydrogen-bond acceptors (Lipinski definition) is 2. The summed E-state index contributed by atoms with van der Waals surface area (Å²) in [6, 6.07) is -2.02. The lowest BCUT2D eigenvalue weighted by Crippen LogP contribution is -2.47. The van der Waals surface area contributed by atoms with Gasteiger partial charge in [0.2, 0.25) is 0 Å². The van der Waals surface area contributed by atoms with Gasteiger partial charge in [-0.05, 0) is 24.4 Å². The van der Waals surface area contributed by atoms with Crippen molar-refractivity contribution >= 4 is 17.4 Å². The summed E-state index contributed by atoms with van der Waals surface area (Å²) in [6.45, 7) is 0. The molecule has 3 heteroatoms. The van der Waals surface area contributed by atoms with Gasteiger partial charge < -0.3 is 5.73 Å². The normalized spacial score (nSPS) is 35.7. The van der Waals surface area contributed by atoms with Crippen molar-refractivity contribution < 1.29 is 13.0 Å². The van der Waals surface area contributed by atoms with Crippen LogP contribution in [0.5, 0.6) is 0 Å². The van der Waals surface area contributed by atoms with E-state index in [9.17, 15) is 4.79 Å². The topological polar surface area (TPSA) is 43.1 Å². The fourth-order valence-corrected chi connectivity index (χ4v) is 1.95. The van der Waals surface area contributed by atoms with Crippen molar-refractivity contribution in [2.75, 3.05) is 0 Å². The summed E-state index contributed by atoms with van der Waals surface area (Å²) in [5.74, 6) is -0.895. The van der Waals surface area contributed by atoms with Gasteiger partial charge in [0, 0.05) is 14.1 Å². The number of benzene rings is 1. The Kier molecular flexibility index (Phi) is 1.44. The maximum Gasteiger partial charge on any atom is 0.157 e. The van der Waals surface area contributed by atoms with Crippen LogP contribution >= 0.6 is 11.6 Å². The SMILES string of the molecule is [2H]c1c([2H])c([2H])c(C2(N)CCCC([2H])([2H])C2=O)c(Cl)c1[2H]. The van der Waals surface area contributed by atoms with Crippen LogP contribution in [-0.4, -0.2) is 5.78 Å². The predicted molar refractivity (Wildman–Crippen MR) is 60.8 cm³/mol. The van der Waals surface area contributed by atoms with Gasteiger partial charge in [0.1, 0.15) is 5.54 Å². The minimum absolute atomic E-state index is 0.0354. The average Bonchev–Trinajstić information content (AvgIpc) is 2.40. The summed E-state index contributed by atoms with van der Waals surface area (Å²) < 4.78 is 46.3. The van der Waals surface area contributed by atoms with Crippen molar-refractivity contribution in [3.8, 4) is 0 Å². The zero-order chi connectivity index (χ0) is 16.2. The van der Waals surface area contributed by atoms with Crippen molar-refractivity contribution in [2.24, 2.45) is 5.73 Å². The number of Topliss-reactive ketones (excluding diaryl/α,β-unsaturated/α-hetero) is 1. The number of ketones is 1. The Bertz CT molecular complexity index is 606. The fraction of sp³-hybridized carbons (Fsp3) is 0.417. The second kappa shape index (κ2) is 3.95. The van der Waals surface area contributed by atoms with Gasteiger partial charge in [-0.3, -0.25) is 4.79 Å². The van der Waals surface area contributed by atoms with E-state index in [1.165, 1.54) is 0 Å². The van der Waals surface area contributed by atoms with Gasteiger partial charge in [-0.25, -0.2) is 0 Å². The van der Waals surface area contributed by atoms with Crippen LogP contribution in [0.3, 0.4) is 0 Å². The lowest BCUT2D eigenvalue weighted by molar-refractivity contribution is -0.126. The molecule has 2 N–H and O–H groups in total. The molecule has 2 rings (SSSR count). The second-order valence-corrected chi connectivity index (χ2v) is 3.90. The molecule has 1 aromatic carbocycles. The Hall–Kier alpha value is -0.860. The molecule has 0 saturated heterocycles. The highest BCUT2D eigenvalue weighted by Gasteiger charge is 2.38. The van der Waals surface area contributed by atoms with Crippen LogP contribution in [0.2, 0.25) is 5.02 Å². The maximum atomic E-state index is 12.4. The minimum Gasteiger partial charge on any atom is -0.315 e. The third-order valence-corrected chi connectivity index (χ3v) is 2.81. The Morgan fingerprint density at radius 1 is 1.47 bits per heavy atom. The van der Waals surface area contributed by atoms with E-state index in [0.717, 1.165) is 0 Å². The van der Waals surface area contributed by atoms with Gasteiger partial charge in [-0.1, -0.05) is 36.1 Å². The molecule has 0 bridgehead atoms. The van der Waals surface area contributed by atoms with E-state index in [1.807, 2.05) is 0 Å². The first-order chi connectivity index (χ1) is 9.54. The molecule has 0 amide bonds. The highest BCUT2D eigenvalue weighted by atomic mass is 35.5. The lowest BCUT2D eigenvalue weighted by Gasteiger charge is -2.32. The summed E-state index contributed by atoms with van der Waals surface area (Å²) in [7, 11) is 0. The third-order valence-electron chi connectivity index (χ3n) is 2.53. The zero-order valence-electron chi connectivity index (χ0n) is 14.0. The Morgan fingerprint density at radius 2 is 2.20 bits per heavy atom. The van der Waals surface area contributed by atoms with E-state index >= 15 is 0 Å². The molecule has 1 saturated carbocycles. The van der Waals surface area contributed by atoms with E-state index < -0.39 is 41.9 Å². The van der Waals surface area contributed by atoms with Gasteiger partial charge in [0.05, 0.1) is 5.48 Å². The van der Waals surface area contributed by atoms with Crippen LogP contribution in [0.1, 0.15) is 39.4 Å². The first-order valence-corrected chi connectivity index (χ1v) is 5.02. The van der Waals surface area contributed by atoms with Crippen LogP contribution in [0.25, 0.3) is 0 Å². The second-order valence-electron chi connectivity index (χ2n) is 3.52. The lowest BCUT2D eigenvalue weighted by atomic mass is 9.76. The van der Waals surface area contributed by atoms with Gasteiger partial charge in [-0.15, -0.1) is 0 Å². The van der Waals surface area contributed by atoms with Crippen molar-refractivity contribution in [3.63, 3.8) is 0 Å². The molecule has 0 heterocycles. The molecule has 1 aromatic rings. The van der Waals surface area contributed by atoms with Crippen molar-refractivity contribution in [3.05, 3.63) is 34.8 Å². The summed E-state index contributed by atoms with van der Waals surface area (Å²) in [5, 5.41) is -0.324. The zero-order valence-corrected chi connectivity index (χ0v) is 8.74. The molecule has 0 aliphatic heterocycles. The van der Waals surface area contributed by atoms with Gasteiger partial charge in [-0.2, -0.15) is 0 Å². The summed E-state index contributed by atoms with van der Waals surface area (Å²) in [5.41, 5.74) is 4.01. The van der Waals surface area contributed by atoms with Crippen LogP contribution in [0.4, 0.5) is 0 Å². The van der Waals surface area contributed by atoms with Crippen LogP contribution in [0.15, 0.2) is 24.2 Å². The number of nitrogens with two attached hydrogens (primary N) is 1. The molecule has 1 fully saturated rings. The van der Waals surface area contributed by atoms with Gasteiger partial charge >= 0.3 is 0 Å². The molecule has 1 aliphatic rings. The first kappa shape index (κ1) is 5.46. The Balaban J connectivity index is 2.74. The first-order valence-electron chi connectivity index (χ1n) is 7.64. The number of hydrogen-bond donors (Lipinski definition) is 1. The van der Waals surface area contributed by atoms with Gasteiger partial charge in [0.15, 0.2) is 5.78 Å². The highest BCUT2D eigenvalue weighted by Crippen LogP contribution is 2.35. The Morgan fingerprint density at radius 3 is 3.00 bits per heavy atom. The Labute approximate surface area is 103 Å². The van der Waals surface area contributed by atoms with E-state index in [4.69, 9.17) is 25.6 Å². The number of rotatable bonds is 1. The maximum absolute atomic E-state index is 12.4. The van der Waals surface area contributed by atoms with Crippen molar-refractivity contribution in [2.45, 2.75) is 31.2 Å². The van der Waals surface area contributed by atoms with Crippen molar-refractivity contribution in [1.82, 2.24) is 0 Å². The van der Waals surface area contributed by atoms with Crippen LogP contribution < -0.4 is 5.73 Å². The standard InChI is InChI=1S/C12H14ClNO/c13-10-6-2-1-5-9(10)12(14)8-4-3-7-11(12)15/h1-2,5-6H,3-4,7-8,14H2/i1D,2D,5D,6D,7D2. The fourth-order valence-electron chi connectivity index (χ4n) is 1.68. The molecule has 0 spiro atoms. The number of carbonyl (C=O) groups is 1. The molecule has 1 unspecified atom stereocenters. The molecular weight excluding hydrogens is 210 g/mol. The third kappa shape index (κ3) is 1.80. The van der Waals surface area contributed by atoms with E-state index in [-0.39, 0.29) is 23.4 Å². The molecule has 15 heavy (non-hydrogen) atoms. The molecular formula is C12H14ClNO. The van der Waals surface area contributed by atoms with Crippen LogP contribution in [-0.2, 0) is 10.3 Å². The average molecular weight is 230 g/mol. The molecule has 0 aromatic heterocycles. The predicted octanol–water partition coefficient (Wildman–Crippen LogP) is 2.64. The smallest absolute Gasteiger partial charge is 0.157 e. The van der Waals surface area contributed by atoms with E-state index in [2.05, 4.69) is 0 Å². The van der Waals surface area contributed by atoms with Crippen molar-refractivity contribution in [1.29, 1.82) is 0 Å². The van der Waals surface area contributed by atoms with E-state index in [1.54, 1.807) is 0 Å². The summed E-state index contributed by atoms with van der Waals surface area (Å²) in [4.78, 5) is 12.4. The molecule has 0 radical (unpaired) electrons. The molecule has 80 valence electrons. The molecule has 1 atom stereocenters. The summed E-state index contributed by atoms with van der Waals surface area (Å²) in [6.07, 6.45) is -1.68. The monoisotopic (exact) mass is 229 g/mol. The number of halogens is 1. The minimum atomic E-state index is -2.13. The number of carbonyl (C=O) groups excluding carboxylic acids is 1. The largest absolute Gasteiger partial charge is 0.315 e. The highest BCUT2D eigenvalue weighted by molar-refractivity contribution is 6.31. The quantitative estimate of drug-likeness (QED) is 0.805. The molecule has 2 nitrogen and oxygen atoms in total. The van der Waals surface area contributed by atoms with E-state index in [0.29, 0.717) is 6.42 Å². The molecule has 1 aliphatic carbocycles. The summed E-state index contributed by atoms with van der Waals surface area (Å²) >= 11 is 5.99. The van der Waals surface area contributed by atoms with Gasteiger partial charge in [0.25, 0.3) is 0 Å².